The number of halogens is 1. The van der Waals surface area contributed by atoms with Gasteiger partial charge in [-0.25, -0.2) is 0 Å². The molecule has 0 aliphatic rings. The molecule has 16 heavy (non-hydrogen) atoms. The highest BCUT2D eigenvalue weighted by molar-refractivity contribution is 7.98. The molecule has 1 rings (SSSR count). The first-order chi connectivity index (χ1) is 7.72. The molecule has 0 radical (unpaired) electrons. The first-order valence-electron chi connectivity index (χ1n) is 5.43. The molecule has 90 valence electrons. The Kier molecular flexibility index (Phi) is 6.88. The van der Waals surface area contributed by atoms with Crippen molar-refractivity contribution in [2.45, 2.75) is 18.8 Å². The summed E-state index contributed by atoms with van der Waals surface area (Å²) in [4.78, 5) is 0. The zero-order valence-corrected chi connectivity index (χ0v) is 11.0. The predicted octanol–water partition coefficient (Wildman–Crippen LogP) is 2.54. The van der Waals surface area contributed by atoms with Crippen LogP contribution in [0.3, 0.4) is 0 Å². The highest BCUT2D eigenvalue weighted by Crippen LogP contribution is 2.15. The molecule has 0 saturated heterocycles. The summed E-state index contributed by atoms with van der Waals surface area (Å²) in [5.41, 5.74) is 1.24. The number of thioether (sulfide) groups is 1. The van der Waals surface area contributed by atoms with E-state index in [0.717, 1.165) is 23.1 Å². The van der Waals surface area contributed by atoms with Gasteiger partial charge < -0.3 is 10.4 Å². The average molecular weight is 260 g/mol. The van der Waals surface area contributed by atoms with E-state index in [9.17, 15) is 5.11 Å². The molecule has 1 aromatic rings. The van der Waals surface area contributed by atoms with Crippen molar-refractivity contribution in [3.05, 3.63) is 34.9 Å². The predicted molar refractivity (Wildman–Crippen MR) is 72.2 cm³/mol. The van der Waals surface area contributed by atoms with E-state index in [0.29, 0.717) is 6.54 Å². The van der Waals surface area contributed by atoms with Gasteiger partial charge in [0.2, 0.25) is 0 Å². The number of hydrogen-bond donors (Lipinski definition) is 2. The molecular weight excluding hydrogens is 242 g/mol. The van der Waals surface area contributed by atoms with Crippen molar-refractivity contribution < 1.29 is 5.11 Å². The minimum atomic E-state index is -0.266. The SMILES string of the molecule is CCNCC(O)CSCc1ccc(Cl)cc1. The number of hydrogen-bond acceptors (Lipinski definition) is 3. The second kappa shape index (κ2) is 7.96. The topological polar surface area (TPSA) is 32.3 Å². The van der Waals surface area contributed by atoms with Crippen molar-refractivity contribution in [3.63, 3.8) is 0 Å². The molecule has 1 unspecified atom stereocenters. The van der Waals surface area contributed by atoms with Crippen LogP contribution in [0.5, 0.6) is 0 Å². The normalized spacial score (nSPS) is 12.7. The summed E-state index contributed by atoms with van der Waals surface area (Å²) in [6.07, 6.45) is -0.266. The van der Waals surface area contributed by atoms with Crippen LogP contribution in [-0.2, 0) is 5.75 Å². The Hall–Kier alpha value is -0.220. The van der Waals surface area contributed by atoms with E-state index in [-0.39, 0.29) is 6.10 Å². The quantitative estimate of drug-likeness (QED) is 0.789. The molecule has 0 aromatic heterocycles. The third kappa shape index (κ3) is 5.75. The van der Waals surface area contributed by atoms with Crippen molar-refractivity contribution in [2.75, 3.05) is 18.8 Å². The standard InChI is InChI=1S/C12H18ClNOS/c1-2-14-7-12(15)9-16-8-10-3-5-11(13)6-4-10/h3-6,12,14-15H,2,7-9H2,1H3. The van der Waals surface area contributed by atoms with Crippen LogP contribution in [0.4, 0.5) is 0 Å². The summed E-state index contributed by atoms with van der Waals surface area (Å²) in [7, 11) is 0. The Labute approximate surface area is 106 Å². The van der Waals surface area contributed by atoms with Gasteiger partial charge in [-0.15, -0.1) is 0 Å². The Bertz CT molecular complexity index is 292. The zero-order chi connectivity index (χ0) is 11.8. The van der Waals surface area contributed by atoms with Gasteiger partial charge in [0.1, 0.15) is 0 Å². The van der Waals surface area contributed by atoms with E-state index in [1.54, 1.807) is 11.8 Å². The van der Waals surface area contributed by atoms with Crippen LogP contribution in [0.1, 0.15) is 12.5 Å². The molecule has 0 saturated carbocycles. The number of aliphatic hydroxyl groups excluding tert-OH is 1. The largest absolute Gasteiger partial charge is 0.391 e. The van der Waals surface area contributed by atoms with Gasteiger partial charge in [-0.2, -0.15) is 11.8 Å². The second-order valence-corrected chi connectivity index (χ2v) is 5.07. The van der Waals surface area contributed by atoms with Crippen LogP contribution in [0.25, 0.3) is 0 Å². The fourth-order valence-corrected chi connectivity index (χ4v) is 2.33. The van der Waals surface area contributed by atoms with Gasteiger partial charge >= 0.3 is 0 Å². The van der Waals surface area contributed by atoms with Crippen molar-refractivity contribution in [1.82, 2.24) is 5.32 Å². The molecule has 0 spiro atoms. The molecule has 1 aromatic carbocycles. The minimum absolute atomic E-state index is 0.266. The Balaban J connectivity index is 2.17. The number of aliphatic hydroxyl groups is 1. The maximum atomic E-state index is 9.60. The van der Waals surface area contributed by atoms with Crippen molar-refractivity contribution >= 4 is 23.4 Å². The zero-order valence-electron chi connectivity index (χ0n) is 9.45. The Morgan fingerprint density at radius 3 is 2.69 bits per heavy atom. The first kappa shape index (κ1) is 13.8. The van der Waals surface area contributed by atoms with Gasteiger partial charge in [-0.3, -0.25) is 0 Å². The fourth-order valence-electron chi connectivity index (χ4n) is 1.26. The summed E-state index contributed by atoms with van der Waals surface area (Å²) in [6.45, 7) is 3.61. The van der Waals surface area contributed by atoms with Gasteiger partial charge in [0.25, 0.3) is 0 Å². The minimum Gasteiger partial charge on any atom is -0.391 e. The number of rotatable bonds is 7. The Morgan fingerprint density at radius 2 is 2.06 bits per heavy atom. The number of benzene rings is 1. The van der Waals surface area contributed by atoms with Crippen molar-refractivity contribution in [2.24, 2.45) is 0 Å². The molecular formula is C12H18ClNOS. The lowest BCUT2D eigenvalue weighted by molar-refractivity contribution is 0.197. The highest BCUT2D eigenvalue weighted by atomic mass is 35.5. The smallest absolute Gasteiger partial charge is 0.0754 e. The molecule has 0 aliphatic carbocycles. The Morgan fingerprint density at radius 1 is 1.38 bits per heavy atom. The van der Waals surface area contributed by atoms with Gasteiger partial charge in [-0.1, -0.05) is 30.7 Å². The van der Waals surface area contributed by atoms with Crippen molar-refractivity contribution in [1.29, 1.82) is 0 Å². The van der Waals surface area contributed by atoms with E-state index < -0.39 is 0 Å². The third-order valence-electron chi connectivity index (χ3n) is 2.12. The monoisotopic (exact) mass is 259 g/mol. The van der Waals surface area contributed by atoms with Crippen LogP contribution < -0.4 is 5.32 Å². The molecule has 2 nitrogen and oxygen atoms in total. The van der Waals surface area contributed by atoms with Crippen LogP contribution in [0.2, 0.25) is 5.02 Å². The second-order valence-electron chi connectivity index (χ2n) is 3.60. The maximum absolute atomic E-state index is 9.60. The van der Waals surface area contributed by atoms with Crippen molar-refractivity contribution in [3.8, 4) is 0 Å². The first-order valence-corrected chi connectivity index (χ1v) is 6.96. The summed E-state index contributed by atoms with van der Waals surface area (Å²) < 4.78 is 0. The molecule has 0 heterocycles. The summed E-state index contributed by atoms with van der Waals surface area (Å²) in [6, 6.07) is 7.83. The summed E-state index contributed by atoms with van der Waals surface area (Å²) in [5.74, 6) is 1.68. The third-order valence-corrected chi connectivity index (χ3v) is 3.53. The molecule has 2 N–H and O–H groups in total. The fraction of sp³-hybridized carbons (Fsp3) is 0.500. The highest BCUT2D eigenvalue weighted by Gasteiger charge is 2.03. The van der Waals surface area contributed by atoms with Crippen LogP contribution in [0, 0.1) is 0 Å². The molecule has 1 atom stereocenters. The van der Waals surface area contributed by atoms with E-state index in [4.69, 9.17) is 11.6 Å². The van der Waals surface area contributed by atoms with Crippen LogP contribution in [0.15, 0.2) is 24.3 Å². The van der Waals surface area contributed by atoms with Gasteiger partial charge in [0.05, 0.1) is 6.10 Å². The molecule has 0 aliphatic heterocycles. The molecule has 0 bridgehead atoms. The average Bonchev–Trinajstić information content (AvgIpc) is 2.29. The van der Waals surface area contributed by atoms with E-state index in [1.807, 2.05) is 31.2 Å². The van der Waals surface area contributed by atoms with E-state index in [2.05, 4.69) is 5.32 Å². The molecule has 0 fully saturated rings. The molecule has 0 amide bonds. The summed E-state index contributed by atoms with van der Waals surface area (Å²) in [5, 5.41) is 13.5. The lowest BCUT2D eigenvalue weighted by Gasteiger charge is -2.10. The maximum Gasteiger partial charge on any atom is 0.0754 e. The van der Waals surface area contributed by atoms with Gasteiger partial charge in [0, 0.05) is 23.1 Å². The molecule has 4 heteroatoms. The number of likely N-dealkylation sites (N-methyl/N-ethyl adjacent to an activating group) is 1. The lowest BCUT2D eigenvalue weighted by atomic mass is 10.2. The van der Waals surface area contributed by atoms with Gasteiger partial charge in [-0.05, 0) is 24.2 Å². The lowest BCUT2D eigenvalue weighted by Crippen LogP contribution is -2.28. The van der Waals surface area contributed by atoms with Gasteiger partial charge in [0.15, 0.2) is 0 Å². The van der Waals surface area contributed by atoms with E-state index >= 15 is 0 Å². The summed E-state index contributed by atoms with van der Waals surface area (Å²) >= 11 is 7.54. The van der Waals surface area contributed by atoms with E-state index in [1.165, 1.54) is 5.56 Å². The van der Waals surface area contributed by atoms with Crippen LogP contribution in [-0.4, -0.2) is 30.1 Å². The van der Waals surface area contributed by atoms with Crippen LogP contribution >= 0.6 is 23.4 Å². The number of nitrogens with one attached hydrogen (secondary N) is 1.